The fourth-order valence-electron chi connectivity index (χ4n) is 2.75. The predicted molar refractivity (Wildman–Crippen MR) is 69.4 cm³/mol. The summed E-state index contributed by atoms with van der Waals surface area (Å²) in [6.45, 7) is 0. The molecule has 0 radical (unpaired) electrons. The van der Waals surface area contributed by atoms with Crippen LogP contribution in [-0.2, 0) is 6.42 Å². The van der Waals surface area contributed by atoms with E-state index in [2.05, 4.69) is 17.6 Å². The van der Waals surface area contributed by atoms with Crippen LogP contribution < -0.4 is 11.3 Å². The molecule has 3 heteroatoms. The summed E-state index contributed by atoms with van der Waals surface area (Å²) in [6, 6.07) is 14.9. The highest BCUT2D eigenvalue weighted by atomic mass is 19.1. The van der Waals surface area contributed by atoms with Gasteiger partial charge in [-0.3, -0.25) is 11.3 Å². The molecule has 2 unspecified atom stereocenters. The lowest BCUT2D eigenvalue weighted by atomic mass is 9.72. The first-order valence-corrected chi connectivity index (χ1v) is 6.09. The molecule has 2 atom stereocenters. The fraction of sp³-hybridized carbons (Fsp3) is 0.200. The molecule has 0 fully saturated rings. The van der Waals surface area contributed by atoms with Gasteiger partial charge in [0.15, 0.2) is 0 Å². The molecule has 0 aromatic heterocycles. The lowest BCUT2D eigenvalue weighted by molar-refractivity contribution is 0.404. The third kappa shape index (κ3) is 1.72. The summed E-state index contributed by atoms with van der Waals surface area (Å²) in [6.07, 6.45) is 0.944. The van der Waals surface area contributed by atoms with Crippen LogP contribution in [0.3, 0.4) is 0 Å². The van der Waals surface area contributed by atoms with E-state index >= 15 is 0 Å². The van der Waals surface area contributed by atoms with Crippen LogP contribution in [0.15, 0.2) is 48.5 Å². The van der Waals surface area contributed by atoms with Crippen LogP contribution in [0.2, 0.25) is 0 Å². The Balaban J connectivity index is 1.95. The van der Waals surface area contributed by atoms with Gasteiger partial charge in [0.1, 0.15) is 5.82 Å². The predicted octanol–water partition coefficient (Wildman–Crippen LogP) is 2.67. The number of nitrogens with two attached hydrogens (primary N) is 1. The van der Waals surface area contributed by atoms with Crippen molar-refractivity contribution in [2.75, 3.05) is 0 Å². The van der Waals surface area contributed by atoms with Crippen LogP contribution in [0.25, 0.3) is 0 Å². The second-order valence-electron chi connectivity index (χ2n) is 4.68. The van der Waals surface area contributed by atoms with Crippen molar-refractivity contribution >= 4 is 0 Å². The Morgan fingerprint density at radius 1 is 1.11 bits per heavy atom. The van der Waals surface area contributed by atoms with Gasteiger partial charge in [0.25, 0.3) is 0 Å². The number of hydrogen-bond donors (Lipinski definition) is 2. The number of nitrogens with one attached hydrogen (secondary N) is 1. The summed E-state index contributed by atoms with van der Waals surface area (Å²) in [5, 5.41) is 0. The van der Waals surface area contributed by atoms with E-state index in [1.165, 1.54) is 17.2 Å². The van der Waals surface area contributed by atoms with Crippen LogP contribution in [0.1, 0.15) is 28.7 Å². The summed E-state index contributed by atoms with van der Waals surface area (Å²) in [5.74, 6) is 5.67. The Bertz CT molecular complexity index is 568. The molecule has 2 nitrogen and oxygen atoms in total. The largest absolute Gasteiger partial charge is 0.271 e. The Labute approximate surface area is 106 Å². The maximum Gasteiger partial charge on any atom is 0.128 e. The number of hydrogen-bond acceptors (Lipinski definition) is 2. The molecule has 0 saturated carbocycles. The molecular weight excluding hydrogens is 227 g/mol. The van der Waals surface area contributed by atoms with Crippen molar-refractivity contribution in [3.8, 4) is 0 Å². The minimum atomic E-state index is -0.204. The van der Waals surface area contributed by atoms with Gasteiger partial charge in [0, 0.05) is 11.5 Å². The number of hydrazine groups is 1. The Morgan fingerprint density at radius 2 is 1.83 bits per heavy atom. The summed E-state index contributed by atoms with van der Waals surface area (Å²) in [5.41, 5.74) is 6.00. The molecule has 3 rings (SSSR count). The van der Waals surface area contributed by atoms with Gasteiger partial charge in [-0.05, 0) is 23.6 Å². The van der Waals surface area contributed by atoms with E-state index in [0.29, 0.717) is 5.56 Å². The molecule has 2 aromatic rings. The first-order chi connectivity index (χ1) is 8.81. The van der Waals surface area contributed by atoms with Gasteiger partial charge >= 0.3 is 0 Å². The second kappa shape index (κ2) is 4.52. The highest BCUT2D eigenvalue weighted by Gasteiger charge is 2.34. The lowest BCUT2D eigenvalue weighted by Gasteiger charge is -2.36. The minimum Gasteiger partial charge on any atom is -0.271 e. The second-order valence-corrected chi connectivity index (χ2v) is 4.68. The van der Waals surface area contributed by atoms with Crippen molar-refractivity contribution in [3.63, 3.8) is 0 Å². The number of halogens is 1. The van der Waals surface area contributed by atoms with E-state index in [1.807, 2.05) is 18.2 Å². The van der Waals surface area contributed by atoms with Crippen molar-refractivity contribution in [2.24, 2.45) is 5.84 Å². The molecular formula is C15H15FN2. The average molecular weight is 242 g/mol. The number of rotatable bonds is 3. The van der Waals surface area contributed by atoms with Gasteiger partial charge in [-0.2, -0.15) is 0 Å². The monoisotopic (exact) mass is 242 g/mol. The zero-order valence-electron chi connectivity index (χ0n) is 9.94. The van der Waals surface area contributed by atoms with E-state index in [4.69, 9.17) is 5.84 Å². The lowest BCUT2D eigenvalue weighted by Crippen LogP contribution is -2.37. The van der Waals surface area contributed by atoms with E-state index in [1.54, 1.807) is 12.1 Å². The summed E-state index contributed by atoms with van der Waals surface area (Å²) in [4.78, 5) is 0. The molecule has 0 heterocycles. The smallest absolute Gasteiger partial charge is 0.128 e. The average Bonchev–Trinajstić information content (AvgIpc) is 2.37. The van der Waals surface area contributed by atoms with Crippen molar-refractivity contribution in [3.05, 3.63) is 71.0 Å². The topological polar surface area (TPSA) is 38.0 Å². The van der Waals surface area contributed by atoms with E-state index in [-0.39, 0.29) is 17.8 Å². The Kier molecular flexibility index (Phi) is 2.86. The van der Waals surface area contributed by atoms with Crippen LogP contribution in [-0.4, -0.2) is 0 Å². The van der Waals surface area contributed by atoms with Crippen LogP contribution >= 0.6 is 0 Å². The molecule has 0 spiro atoms. The van der Waals surface area contributed by atoms with Gasteiger partial charge < -0.3 is 0 Å². The highest BCUT2D eigenvalue weighted by molar-refractivity contribution is 5.43. The maximum absolute atomic E-state index is 13.8. The van der Waals surface area contributed by atoms with Crippen molar-refractivity contribution < 1.29 is 4.39 Å². The van der Waals surface area contributed by atoms with Gasteiger partial charge in [-0.25, -0.2) is 4.39 Å². The maximum atomic E-state index is 13.8. The van der Waals surface area contributed by atoms with E-state index < -0.39 is 0 Å². The summed E-state index contributed by atoms with van der Waals surface area (Å²) >= 11 is 0. The van der Waals surface area contributed by atoms with Gasteiger partial charge in [-0.1, -0.05) is 42.5 Å². The van der Waals surface area contributed by atoms with Gasteiger partial charge in [-0.15, -0.1) is 0 Å². The molecule has 3 N–H and O–H groups in total. The molecule has 2 aromatic carbocycles. The molecule has 0 saturated heterocycles. The van der Waals surface area contributed by atoms with Crippen LogP contribution in [0.4, 0.5) is 4.39 Å². The van der Waals surface area contributed by atoms with Crippen molar-refractivity contribution in [1.29, 1.82) is 0 Å². The van der Waals surface area contributed by atoms with Gasteiger partial charge in [0.05, 0.1) is 6.04 Å². The molecule has 1 aliphatic rings. The van der Waals surface area contributed by atoms with Gasteiger partial charge in [0.2, 0.25) is 0 Å². The summed E-state index contributed by atoms with van der Waals surface area (Å²) in [7, 11) is 0. The highest BCUT2D eigenvalue weighted by Crippen LogP contribution is 2.43. The number of fused-ring (bicyclic) bond motifs is 1. The SMILES string of the molecule is NNC(c1ccccc1F)C1Cc2ccccc21. The first kappa shape index (κ1) is 11.4. The fourth-order valence-corrected chi connectivity index (χ4v) is 2.75. The molecule has 92 valence electrons. The summed E-state index contributed by atoms with van der Waals surface area (Å²) < 4.78 is 13.8. The molecule has 0 bridgehead atoms. The van der Waals surface area contributed by atoms with E-state index in [9.17, 15) is 4.39 Å². The quantitative estimate of drug-likeness (QED) is 0.641. The third-order valence-corrected chi connectivity index (χ3v) is 3.72. The molecule has 0 amide bonds. The Morgan fingerprint density at radius 3 is 2.56 bits per heavy atom. The third-order valence-electron chi connectivity index (χ3n) is 3.72. The Hall–Kier alpha value is -1.71. The standard InChI is InChI=1S/C15H15FN2/c16-14-8-4-3-7-12(14)15(18-17)13-9-10-5-1-2-6-11(10)13/h1-8,13,15,18H,9,17H2. The van der Waals surface area contributed by atoms with Crippen molar-refractivity contribution in [1.82, 2.24) is 5.43 Å². The van der Waals surface area contributed by atoms with E-state index in [0.717, 1.165) is 6.42 Å². The number of benzene rings is 2. The molecule has 1 aliphatic carbocycles. The minimum absolute atomic E-state index is 0.166. The zero-order valence-corrected chi connectivity index (χ0v) is 9.94. The van der Waals surface area contributed by atoms with Crippen molar-refractivity contribution in [2.45, 2.75) is 18.4 Å². The normalized spacial score (nSPS) is 18.9. The molecule has 0 aliphatic heterocycles. The first-order valence-electron chi connectivity index (χ1n) is 6.09. The zero-order chi connectivity index (χ0) is 12.5. The van der Waals surface area contributed by atoms with Crippen LogP contribution in [0, 0.1) is 5.82 Å². The molecule has 18 heavy (non-hydrogen) atoms. The van der Waals surface area contributed by atoms with Crippen LogP contribution in [0.5, 0.6) is 0 Å².